The number of hydrogen-bond acceptors (Lipinski definition) is 2. The summed E-state index contributed by atoms with van der Waals surface area (Å²) in [6.07, 6.45) is 0.729. The molecule has 1 N–H and O–H groups in total. The van der Waals surface area contributed by atoms with E-state index in [1.54, 1.807) is 0 Å². The summed E-state index contributed by atoms with van der Waals surface area (Å²) >= 11 is 0. The van der Waals surface area contributed by atoms with Crippen molar-refractivity contribution in [2.45, 2.75) is 32.9 Å². The number of rotatable bonds is 6. The molecule has 0 heterocycles. The van der Waals surface area contributed by atoms with Gasteiger partial charge in [0, 0.05) is 0 Å². The highest BCUT2D eigenvalue weighted by atomic mass is 16.5. The molecule has 89 valence electrons. The van der Waals surface area contributed by atoms with Crippen molar-refractivity contribution in [3.05, 3.63) is 35.9 Å². The number of hydrogen-bond donors (Lipinski definition) is 1. The van der Waals surface area contributed by atoms with Gasteiger partial charge in [-0.05, 0) is 17.9 Å². The fourth-order valence-corrected chi connectivity index (χ4v) is 1.72. The zero-order valence-electron chi connectivity index (χ0n) is 9.97. The summed E-state index contributed by atoms with van der Waals surface area (Å²) in [5.41, 5.74) is 0.986. The molecule has 0 aromatic heterocycles. The molecule has 0 aliphatic heterocycles. The number of hydroxylamine groups is 2. The second kappa shape index (κ2) is 6.63. The maximum absolute atomic E-state index is 11.8. The fourth-order valence-electron chi connectivity index (χ4n) is 1.72. The zero-order chi connectivity index (χ0) is 12.0. The molecule has 0 aliphatic rings. The van der Waals surface area contributed by atoms with Crippen LogP contribution in [0.1, 0.15) is 25.8 Å². The van der Waals surface area contributed by atoms with Gasteiger partial charge in [-0.15, -0.1) is 10.3 Å². The quantitative estimate of drug-likeness (QED) is 0.750. The lowest BCUT2D eigenvalue weighted by Crippen LogP contribution is -2.34. The van der Waals surface area contributed by atoms with Crippen molar-refractivity contribution in [2.24, 2.45) is 5.92 Å². The fraction of sp³-hybridized carbons (Fsp3) is 0.538. The third-order valence-electron chi connectivity index (χ3n) is 2.54. The van der Waals surface area contributed by atoms with Gasteiger partial charge in [0.05, 0.1) is 19.2 Å². The van der Waals surface area contributed by atoms with Crippen molar-refractivity contribution in [3.8, 4) is 0 Å². The van der Waals surface area contributed by atoms with Crippen LogP contribution in [0.2, 0.25) is 0 Å². The van der Waals surface area contributed by atoms with E-state index in [4.69, 9.17) is 0 Å². The van der Waals surface area contributed by atoms with Crippen LogP contribution in [0.15, 0.2) is 30.3 Å². The van der Waals surface area contributed by atoms with Crippen LogP contribution in [0.3, 0.4) is 0 Å². The Morgan fingerprint density at radius 1 is 1.25 bits per heavy atom. The lowest BCUT2D eigenvalue weighted by Gasteiger charge is -2.23. The second-order valence-corrected chi connectivity index (χ2v) is 4.53. The van der Waals surface area contributed by atoms with E-state index < -0.39 is 0 Å². The van der Waals surface area contributed by atoms with Crippen LogP contribution >= 0.6 is 0 Å². The minimum atomic E-state index is -0.291. The average Bonchev–Trinajstić information content (AvgIpc) is 2.26. The number of aliphatic hydroxyl groups is 1. The molecule has 0 aliphatic carbocycles. The standard InChI is InChI=1S/C13H20NO2/c1-11(2)8-13(10-15)14(16)9-12-6-4-3-5-7-12/h3-7,11,13,15H,8-10H2,1-2H3/t13-/m0/s1. The number of benzene rings is 1. The SMILES string of the molecule is CC(C)C[C@@H](CO)N([O])Cc1ccccc1. The van der Waals surface area contributed by atoms with Crippen molar-refractivity contribution >= 4 is 0 Å². The van der Waals surface area contributed by atoms with Gasteiger partial charge in [0.25, 0.3) is 0 Å². The van der Waals surface area contributed by atoms with E-state index in [9.17, 15) is 10.3 Å². The summed E-state index contributed by atoms with van der Waals surface area (Å²) < 4.78 is 0. The van der Waals surface area contributed by atoms with E-state index in [-0.39, 0.29) is 12.6 Å². The molecule has 3 heteroatoms. The predicted octanol–water partition coefficient (Wildman–Crippen LogP) is 2.24. The van der Waals surface area contributed by atoms with Crippen molar-refractivity contribution in [1.82, 2.24) is 5.06 Å². The predicted molar refractivity (Wildman–Crippen MR) is 63.0 cm³/mol. The summed E-state index contributed by atoms with van der Waals surface area (Å²) in [6, 6.07) is 9.32. The molecule has 1 atom stereocenters. The Balaban J connectivity index is 2.52. The molecule has 1 rings (SSSR count). The molecule has 16 heavy (non-hydrogen) atoms. The minimum absolute atomic E-state index is 0.0749. The zero-order valence-corrected chi connectivity index (χ0v) is 9.97. The van der Waals surface area contributed by atoms with E-state index in [0.717, 1.165) is 17.0 Å². The van der Waals surface area contributed by atoms with Crippen LogP contribution in [0.5, 0.6) is 0 Å². The van der Waals surface area contributed by atoms with Gasteiger partial charge in [-0.3, -0.25) is 0 Å². The molecule has 3 nitrogen and oxygen atoms in total. The molecular weight excluding hydrogens is 202 g/mol. The number of aliphatic hydroxyl groups excluding tert-OH is 1. The normalized spacial score (nSPS) is 13.4. The van der Waals surface area contributed by atoms with Crippen molar-refractivity contribution in [3.63, 3.8) is 0 Å². The molecule has 0 unspecified atom stereocenters. The summed E-state index contributed by atoms with van der Waals surface area (Å²) in [6.45, 7) is 4.38. The largest absolute Gasteiger partial charge is 0.395 e. The van der Waals surface area contributed by atoms with Crippen molar-refractivity contribution in [2.75, 3.05) is 6.61 Å². The van der Waals surface area contributed by atoms with Gasteiger partial charge in [0.15, 0.2) is 0 Å². The molecule has 1 aromatic rings. The van der Waals surface area contributed by atoms with E-state index in [1.165, 1.54) is 0 Å². The lowest BCUT2D eigenvalue weighted by atomic mass is 10.0. The van der Waals surface area contributed by atoms with Gasteiger partial charge < -0.3 is 5.11 Å². The first-order valence-electron chi connectivity index (χ1n) is 5.72. The van der Waals surface area contributed by atoms with Crippen LogP contribution in [0, 0.1) is 5.92 Å². The summed E-state index contributed by atoms with van der Waals surface area (Å²) in [4.78, 5) is 0. The van der Waals surface area contributed by atoms with Crippen LogP contribution in [0.4, 0.5) is 0 Å². The first-order chi connectivity index (χ1) is 7.63. The third kappa shape index (κ3) is 4.31. The van der Waals surface area contributed by atoms with Gasteiger partial charge in [-0.25, -0.2) is 0 Å². The van der Waals surface area contributed by atoms with Crippen LogP contribution in [-0.4, -0.2) is 22.8 Å². The van der Waals surface area contributed by atoms with Crippen LogP contribution in [-0.2, 0) is 11.8 Å². The third-order valence-corrected chi connectivity index (χ3v) is 2.54. The molecule has 0 bridgehead atoms. The smallest absolute Gasteiger partial charge is 0.0620 e. The molecule has 0 fully saturated rings. The van der Waals surface area contributed by atoms with Gasteiger partial charge in [-0.2, -0.15) is 0 Å². The summed E-state index contributed by atoms with van der Waals surface area (Å²) in [5, 5.41) is 22.0. The average molecular weight is 222 g/mol. The second-order valence-electron chi connectivity index (χ2n) is 4.53. The highest BCUT2D eigenvalue weighted by Gasteiger charge is 2.18. The van der Waals surface area contributed by atoms with Crippen molar-refractivity contribution in [1.29, 1.82) is 0 Å². The first-order valence-corrected chi connectivity index (χ1v) is 5.72. The Morgan fingerprint density at radius 3 is 2.38 bits per heavy atom. The van der Waals surface area contributed by atoms with E-state index in [1.807, 2.05) is 30.3 Å². The van der Waals surface area contributed by atoms with E-state index in [0.29, 0.717) is 12.5 Å². The molecule has 0 saturated carbocycles. The molecule has 0 saturated heterocycles. The molecule has 1 radical (unpaired) electrons. The monoisotopic (exact) mass is 222 g/mol. The van der Waals surface area contributed by atoms with Crippen LogP contribution < -0.4 is 0 Å². The molecular formula is C13H20NO2. The Kier molecular flexibility index (Phi) is 5.46. The highest BCUT2D eigenvalue weighted by Crippen LogP contribution is 2.13. The van der Waals surface area contributed by atoms with E-state index in [2.05, 4.69) is 13.8 Å². The molecule has 1 aromatic carbocycles. The Labute approximate surface area is 97.3 Å². The van der Waals surface area contributed by atoms with Gasteiger partial charge in [0.1, 0.15) is 0 Å². The van der Waals surface area contributed by atoms with Gasteiger partial charge in [0.2, 0.25) is 0 Å². The molecule has 0 spiro atoms. The Morgan fingerprint density at radius 2 is 1.88 bits per heavy atom. The minimum Gasteiger partial charge on any atom is -0.395 e. The topological polar surface area (TPSA) is 43.4 Å². The summed E-state index contributed by atoms with van der Waals surface area (Å²) in [7, 11) is 0. The number of nitrogens with zero attached hydrogens (tertiary/aromatic N) is 1. The lowest BCUT2D eigenvalue weighted by molar-refractivity contribution is -0.205. The van der Waals surface area contributed by atoms with Crippen LogP contribution in [0.25, 0.3) is 0 Å². The highest BCUT2D eigenvalue weighted by molar-refractivity contribution is 5.14. The Bertz CT molecular complexity index is 287. The van der Waals surface area contributed by atoms with Crippen molar-refractivity contribution < 1.29 is 10.3 Å². The maximum atomic E-state index is 11.8. The maximum Gasteiger partial charge on any atom is 0.0620 e. The van der Waals surface area contributed by atoms with Gasteiger partial charge in [-0.1, -0.05) is 44.2 Å². The molecule has 0 amide bonds. The van der Waals surface area contributed by atoms with Gasteiger partial charge >= 0.3 is 0 Å². The first kappa shape index (κ1) is 13.2. The summed E-state index contributed by atoms with van der Waals surface area (Å²) in [5.74, 6) is 0.421. The Hall–Kier alpha value is -0.900. The van der Waals surface area contributed by atoms with E-state index >= 15 is 0 Å².